The minimum Gasteiger partial charge on any atom is -0.493 e. The predicted octanol–water partition coefficient (Wildman–Crippen LogP) is 4.69. The molecule has 0 atom stereocenters. The molecule has 0 saturated heterocycles. The Morgan fingerprint density at radius 1 is 1.24 bits per heavy atom. The zero-order chi connectivity index (χ0) is 21.0. The lowest BCUT2D eigenvalue weighted by Crippen LogP contribution is -2.23. The van der Waals surface area contributed by atoms with E-state index in [0.717, 1.165) is 17.3 Å². The Balaban J connectivity index is 1.79. The highest BCUT2D eigenvalue weighted by Crippen LogP contribution is 2.38. The Kier molecular flexibility index (Phi) is 6.84. The highest BCUT2D eigenvalue weighted by molar-refractivity contribution is 8.18. The number of methoxy groups -OCH3 is 1. The Hall–Kier alpha value is -2.48. The first-order chi connectivity index (χ1) is 13.9. The van der Waals surface area contributed by atoms with Crippen LogP contribution in [0.25, 0.3) is 6.08 Å². The molecule has 1 heterocycles. The Bertz CT molecular complexity index is 1020. The number of thioether (sulfide) groups is 1. The lowest BCUT2D eigenvalue weighted by Gasteiger charge is -2.13. The van der Waals surface area contributed by atoms with Crippen LogP contribution in [0.5, 0.6) is 11.5 Å². The lowest BCUT2D eigenvalue weighted by molar-refractivity contribution is -0.117. The van der Waals surface area contributed by atoms with E-state index >= 15 is 0 Å². The first-order valence-corrected chi connectivity index (χ1v) is 9.98. The number of rotatable bonds is 5. The zero-order valence-corrected chi connectivity index (χ0v) is 17.8. The largest absolute Gasteiger partial charge is 0.493 e. The molecule has 3 rings (SSSR count). The van der Waals surface area contributed by atoms with Crippen molar-refractivity contribution in [2.75, 3.05) is 7.11 Å². The second kappa shape index (κ2) is 9.35. The molecule has 150 valence electrons. The SMILES string of the molecule is COc1cc(/C=C2\SC(NC(C)=O)=NC2=O)cc(Cl)c1OCc1ccc(Cl)cc1. The number of nitrogens with one attached hydrogen (secondary N) is 1. The van der Waals surface area contributed by atoms with Gasteiger partial charge in [-0.05, 0) is 53.2 Å². The molecule has 6 nitrogen and oxygen atoms in total. The average molecular weight is 451 g/mol. The smallest absolute Gasteiger partial charge is 0.286 e. The second-order valence-corrected chi connectivity index (χ2v) is 7.84. The molecule has 2 aromatic carbocycles. The van der Waals surface area contributed by atoms with Crippen LogP contribution in [0.2, 0.25) is 10.0 Å². The minimum atomic E-state index is -0.433. The third-order valence-electron chi connectivity index (χ3n) is 3.75. The van der Waals surface area contributed by atoms with E-state index in [4.69, 9.17) is 32.7 Å². The molecule has 0 spiro atoms. The molecule has 0 bridgehead atoms. The molecule has 0 unspecified atom stereocenters. The van der Waals surface area contributed by atoms with Crippen LogP contribution in [0.3, 0.4) is 0 Å². The quantitative estimate of drug-likeness (QED) is 0.668. The average Bonchev–Trinajstić information content (AvgIpc) is 2.99. The van der Waals surface area contributed by atoms with Crippen molar-refractivity contribution in [1.82, 2.24) is 5.32 Å². The fraction of sp³-hybridized carbons (Fsp3) is 0.150. The summed E-state index contributed by atoms with van der Waals surface area (Å²) in [5.74, 6) is 0.0951. The maximum Gasteiger partial charge on any atom is 0.286 e. The number of amides is 2. The van der Waals surface area contributed by atoms with Gasteiger partial charge in [0.1, 0.15) is 6.61 Å². The van der Waals surface area contributed by atoms with Crippen LogP contribution in [-0.2, 0) is 16.2 Å². The highest BCUT2D eigenvalue weighted by atomic mass is 35.5. The van der Waals surface area contributed by atoms with E-state index in [1.807, 2.05) is 12.1 Å². The number of ether oxygens (including phenoxy) is 2. The van der Waals surface area contributed by atoms with E-state index in [1.54, 1.807) is 30.3 Å². The van der Waals surface area contributed by atoms with E-state index < -0.39 is 5.91 Å². The molecule has 2 amide bonds. The first-order valence-electron chi connectivity index (χ1n) is 8.40. The van der Waals surface area contributed by atoms with Crippen molar-refractivity contribution in [2.24, 2.45) is 4.99 Å². The number of hydrogen-bond donors (Lipinski definition) is 1. The number of carbonyl (C=O) groups is 2. The van der Waals surface area contributed by atoms with Crippen LogP contribution in [-0.4, -0.2) is 24.1 Å². The van der Waals surface area contributed by atoms with Gasteiger partial charge in [-0.25, -0.2) is 0 Å². The molecule has 2 aromatic rings. The minimum absolute atomic E-state index is 0.245. The molecule has 0 fully saturated rings. The summed E-state index contributed by atoms with van der Waals surface area (Å²) in [5, 5.41) is 3.73. The van der Waals surface area contributed by atoms with Crippen LogP contribution in [0.4, 0.5) is 0 Å². The second-order valence-electron chi connectivity index (χ2n) is 5.96. The van der Waals surface area contributed by atoms with Crippen molar-refractivity contribution in [3.8, 4) is 11.5 Å². The van der Waals surface area contributed by atoms with E-state index in [0.29, 0.717) is 32.0 Å². The molecule has 0 saturated carbocycles. The molecule has 1 N–H and O–H groups in total. The van der Waals surface area contributed by atoms with Crippen molar-refractivity contribution in [1.29, 1.82) is 0 Å². The summed E-state index contributed by atoms with van der Waals surface area (Å²) in [6.07, 6.45) is 1.63. The standard InChI is InChI=1S/C20H16Cl2N2O4S/c1-11(25)23-20-24-19(26)17(29-20)9-13-7-15(22)18(16(8-13)27-2)28-10-12-3-5-14(21)6-4-12/h3-9H,10H2,1-2H3,(H,23,24,25,26)/b17-9-. The van der Waals surface area contributed by atoms with Crippen molar-refractivity contribution in [3.63, 3.8) is 0 Å². The molecule has 29 heavy (non-hydrogen) atoms. The van der Waals surface area contributed by atoms with Gasteiger partial charge in [-0.3, -0.25) is 9.59 Å². The van der Waals surface area contributed by atoms with Gasteiger partial charge in [-0.2, -0.15) is 4.99 Å². The van der Waals surface area contributed by atoms with Gasteiger partial charge in [0.15, 0.2) is 16.7 Å². The van der Waals surface area contributed by atoms with Gasteiger partial charge in [0.05, 0.1) is 17.0 Å². The molecular weight excluding hydrogens is 435 g/mol. The van der Waals surface area contributed by atoms with Gasteiger partial charge in [-0.1, -0.05) is 35.3 Å². The summed E-state index contributed by atoms with van der Waals surface area (Å²) in [5.41, 5.74) is 1.56. The van der Waals surface area contributed by atoms with Gasteiger partial charge in [0, 0.05) is 11.9 Å². The summed E-state index contributed by atoms with van der Waals surface area (Å²) in [6, 6.07) is 10.6. The van der Waals surface area contributed by atoms with Gasteiger partial charge >= 0.3 is 0 Å². The topological polar surface area (TPSA) is 77.0 Å². The van der Waals surface area contributed by atoms with Crippen LogP contribution < -0.4 is 14.8 Å². The molecule has 0 aromatic heterocycles. The van der Waals surface area contributed by atoms with Crippen molar-refractivity contribution in [3.05, 3.63) is 62.5 Å². The predicted molar refractivity (Wildman–Crippen MR) is 116 cm³/mol. The fourth-order valence-electron chi connectivity index (χ4n) is 2.46. The summed E-state index contributed by atoms with van der Waals surface area (Å²) < 4.78 is 11.2. The summed E-state index contributed by atoms with van der Waals surface area (Å²) in [7, 11) is 1.51. The van der Waals surface area contributed by atoms with E-state index in [9.17, 15) is 9.59 Å². The van der Waals surface area contributed by atoms with Crippen LogP contribution in [0.15, 0.2) is 46.3 Å². The summed E-state index contributed by atoms with van der Waals surface area (Å²) in [4.78, 5) is 27.3. The third-order valence-corrected chi connectivity index (χ3v) is 5.18. The summed E-state index contributed by atoms with van der Waals surface area (Å²) in [6.45, 7) is 1.64. The molecule has 0 aliphatic carbocycles. The van der Waals surface area contributed by atoms with Crippen molar-refractivity contribution >= 4 is 58.0 Å². The molecule has 9 heteroatoms. The summed E-state index contributed by atoms with van der Waals surface area (Å²) >= 11 is 13.4. The van der Waals surface area contributed by atoms with E-state index in [2.05, 4.69) is 10.3 Å². The molecular formula is C20H16Cl2N2O4S. The van der Waals surface area contributed by atoms with Crippen molar-refractivity contribution < 1.29 is 19.1 Å². The normalized spacial score (nSPS) is 14.7. The van der Waals surface area contributed by atoms with Gasteiger partial charge in [0.2, 0.25) is 5.91 Å². The van der Waals surface area contributed by atoms with Gasteiger partial charge in [-0.15, -0.1) is 0 Å². The van der Waals surface area contributed by atoms with Gasteiger partial charge in [0.25, 0.3) is 5.91 Å². The maximum atomic E-state index is 12.0. The number of halogens is 2. The number of aliphatic imine (C=N–C) groups is 1. The molecule has 0 radical (unpaired) electrons. The van der Waals surface area contributed by atoms with Gasteiger partial charge < -0.3 is 14.8 Å². The van der Waals surface area contributed by atoms with E-state index in [1.165, 1.54) is 14.0 Å². The monoisotopic (exact) mass is 450 g/mol. The zero-order valence-electron chi connectivity index (χ0n) is 15.5. The highest BCUT2D eigenvalue weighted by Gasteiger charge is 2.23. The van der Waals surface area contributed by atoms with E-state index in [-0.39, 0.29) is 17.7 Å². The van der Waals surface area contributed by atoms with Crippen molar-refractivity contribution in [2.45, 2.75) is 13.5 Å². The molecule has 1 aliphatic rings. The number of nitrogens with zero attached hydrogens (tertiary/aromatic N) is 1. The number of carbonyl (C=O) groups excluding carboxylic acids is 2. The lowest BCUT2D eigenvalue weighted by atomic mass is 10.1. The fourth-order valence-corrected chi connectivity index (χ4v) is 3.72. The Morgan fingerprint density at radius 2 is 1.97 bits per heavy atom. The Labute approximate surface area is 181 Å². The Morgan fingerprint density at radius 3 is 2.62 bits per heavy atom. The molecule has 1 aliphatic heterocycles. The van der Waals surface area contributed by atoms with Crippen LogP contribution in [0.1, 0.15) is 18.1 Å². The van der Waals surface area contributed by atoms with Crippen LogP contribution >= 0.6 is 35.0 Å². The third kappa shape index (κ3) is 5.53. The number of benzene rings is 2. The number of amidine groups is 1. The number of hydrogen-bond acceptors (Lipinski definition) is 5. The van der Waals surface area contributed by atoms with Crippen LogP contribution in [0, 0.1) is 0 Å². The first kappa shape index (κ1) is 21.2. The maximum absolute atomic E-state index is 12.0.